The van der Waals surface area contributed by atoms with Crippen LogP contribution < -0.4 is 10.6 Å². The molecule has 0 radical (unpaired) electrons. The lowest BCUT2D eigenvalue weighted by molar-refractivity contribution is -0.151. The maximum absolute atomic E-state index is 11.7. The maximum Gasteiger partial charge on any atom is 0.407 e. The topological polar surface area (TPSA) is 170 Å². The highest BCUT2D eigenvalue weighted by atomic mass is 16.6. The molecule has 0 saturated carbocycles. The fourth-order valence-corrected chi connectivity index (χ4v) is 2.30. The third kappa shape index (κ3) is 16.1. The average Bonchev–Trinajstić information content (AvgIpc) is 2.80. The first-order valence-electron chi connectivity index (χ1n) is 11.5. The second kappa shape index (κ2) is 18.8. The van der Waals surface area contributed by atoms with Crippen LogP contribution in [0.15, 0.2) is 0 Å². The Kier molecular flexibility index (Phi) is 17.3. The molecule has 0 spiro atoms. The molecule has 4 N–H and O–H groups in total. The number of carbonyl (C=O) groups excluding carboxylic acids is 4. The van der Waals surface area contributed by atoms with Crippen molar-refractivity contribution in [3.8, 4) is 0 Å². The first-order chi connectivity index (χ1) is 16.1. The van der Waals surface area contributed by atoms with Gasteiger partial charge in [-0.1, -0.05) is 40.5 Å². The molecule has 2 unspecified atom stereocenters. The number of esters is 2. The van der Waals surface area contributed by atoms with Gasteiger partial charge in [-0.25, -0.2) is 9.59 Å². The number of hydrogen-bond donors (Lipinski definition) is 4. The molecule has 2 amide bonds. The van der Waals surface area contributed by atoms with E-state index in [9.17, 15) is 29.4 Å². The predicted octanol–water partition coefficient (Wildman–Crippen LogP) is 1.12. The summed E-state index contributed by atoms with van der Waals surface area (Å²) in [5.41, 5.74) is 0. The van der Waals surface area contributed by atoms with E-state index in [4.69, 9.17) is 18.9 Å². The average molecular weight is 493 g/mol. The fourth-order valence-electron chi connectivity index (χ4n) is 2.30. The second-order valence-corrected chi connectivity index (χ2v) is 8.26. The summed E-state index contributed by atoms with van der Waals surface area (Å²) < 4.78 is 19.9. The Labute approximate surface area is 200 Å². The molecule has 34 heavy (non-hydrogen) atoms. The van der Waals surface area contributed by atoms with Gasteiger partial charge in [0.1, 0.15) is 13.2 Å². The molecular formula is C22H40N2O10. The number of carbonyl (C=O) groups is 4. The van der Waals surface area contributed by atoms with Gasteiger partial charge in [0.05, 0.1) is 25.0 Å². The van der Waals surface area contributed by atoms with Crippen LogP contribution in [0.1, 0.15) is 53.4 Å². The highest BCUT2D eigenvalue weighted by molar-refractivity contribution is 5.72. The van der Waals surface area contributed by atoms with Gasteiger partial charge < -0.3 is 39.8 Å². The van der Waals surface area contributed by atoms with Crippen LogP contribution in [0, 0.1) is 11.8 Å². The highest BCUT2D eigenvalue weighted by Gasteiger charge is 2.18. The first-order valence-corrected chi connectivity index (χ1v) is 11.5. The van der Waals surface area contributed by atoms with Gasteiger partial charge in [-0.3, -0.25) is 9.59 Å². The summed E-state index contributed by atoms with van der Waals surface area (Å²) in [5.74, 6) is -1.50. The van der Waals surface area contributed by atoms with Gasteiger partial charge in [-0.05, 0) is 12.8 Å². The Hall–Kier alpha value is -2.60. The Morgan fingerprint density at radius 1 is 0.647 bits per heavy atom. The van der Waals surface area contributed by atoms with E-state index >= 15 is 0 Å². The van der Waals surface area contributed by atoms with Gasteiger partial charge in [-0.15, -0.1) is 0 Å². The quantitative estimate of drug-likeness (QED) is 0.131. The zero-order valence-corrected chi connectivity index (χ0v) is 20.5. The van der Waals surface area contributed by atoms with Crippen LogP contribution in [-0.4, -0.2) is 86.1 Å². The molecule has 12 nitrogen and oxygen atoms in total. The van der Waals surface area contributed by atoms with Crippen molar-refractivity contribution in [2.45, 2.75) is 65.6 Å². The number of hydrogen-bond acceptors (Lipinski definition) is 10. The molecule has 0 aliphatic carbocycles. The molecule has 0 fully saturated rings. The molecule has 0 heterocycles. The summed E-state index contributed by atoms with van der Waals surface area (Å²) in [5, 5.41) is 23.6. The molecule has 0 bridgehead atoms. The molecule has 0 saturated heterocycles. The Morgan fingerprint density at radius 2 is 1.00 bits per heavy atom. The number of alkyl carbamates (subject to hydrolysis) is 2. The van der Waals surface area contributed by atoms with Crippen molar-refractivity contribution in [2.75, 3.05) is 39.5 Å². The molecule has 0 aliphatic heterocycles. The van der Waals surface area contributed by atoms with Crippen molar-refractivity contribution < 1.29 is 48.3 Å². The molecule has 0 aromatic heterocycles. The summed E-state index contributed by atoms with van der Waals surface area (Å²) in [6.45, 7) is 6.09. The van der Waals surface area contributed by atoms with Crippen molar-refractivity contribution in [3.63, 3.8) is 0 Å². The number of aliphatic hydroxyl groups is 2. The van der Waals surface area contributed by atoms with Gasteiger partial charge >= 0.3 is 24.1 Å². The Balaban J connectivity index is 3.82. The van der Waals surface area contributed by atoms with Crippen molar-refractivity contribution in [2.24, 2.45) is 11.8 Å². The number of nitrogens with one attached hydrogen (secondary N) is 2. The minimum Gasteiger partial charge on any atom is -0.461 e. The van der Waals surface area contributed by atoms with E-state index in [1.807, 2.05) is 0 Å². The van der Waals surface area contributed by atoms with Crippen LogP contribution in [0.4, 0.5) is 9.59 Å². The number of unbranched alkanes of at least 4 members (excludes halogenated alkanes) is 3. The van der Waals surface area contributed by atoms with Crippen LogP contribution in [0.2, 0.25) is 0 Å². The fraction of sp³-hybridized carbons (Fsp3) is 0.818. The van der Waals surface area contributed by atoms with Crippen LogP contribution in [-0.2, 0) is 28.5 Å². The van der Waals surface area contributed by atoms with E-state index in [1.165, 1.54) is 0 Å². The number of ether oxygens (including phenoxy) is 4. The van der Waals surface area contributed by atoms with Gasteiger partial charge in [0, 0.05) is 13.1 Å². The smallest absolute Gasteiger partial charge is 0.407 e. The number of amides is 2. The molecule has 0 aromatic carbocycles. The van der Waals surface area contributed by atoms with E-state index in [0.29, 0.717) is 25.9 Å². The summed E-state index contributed by atoms with van der Waals surface area (Å²) >= 11 is 0. The molecule has 0 rings (SSSR count). The van der Waals surface area contributed by atoms with E-state index in [1.54, 1.807) is 27.7 Å². The molecular weight excluding hydrogens is 452 g/mol. The minimum atomic E-state index is -0.929. The van der Waals surface area contributed by atoms with Gasteiger partial charge in [0.15, 0.2) is 12.2 Å². The van der Waals surface area contributed by atoms with Crippen LogP contribution in [0.3, 0.4) is 0 Å². The van der Waals surface area contributed by atoms with E-state index in [0.717, 1.165) is 12.8 Å². The monoisotopic (exact) mass is 492 g/mol. The Morgan fingerprint density at radius 3 is 1.29 bits per heavy atom. The van der Waals surface area contributed by atoms with Crippen molar-refractivity contribution in [3.05, 3.63) is 0 Å². The molecule has 0 aromatic rings. The lowest BCUT2D eigenvalue weighted by Gasteiger charge is -2.17. The van der Waals surface area contributed by atoms with Gasteiger partial charge in [0.2, 0.25) is 0 Å². The van der Waals surface area contributed by atoms with Crippen LogP contribution in [0.25, 0.3) is 0 Å². The predicted molar refractivity (Wildman–Crippen MR) is 121 cm³/mol. The lowest BCUT2D eigenvalue weighted by Crippen LogP contribution is -2.35. The summed E-state index contributed by atoms with van der Waals surface area (Å²) in [4.78, 5) is 46.3. The van der Waals surface area contributed by atoms with Crippen molar-refractivity contribution in [1.29, 1.82) is 0 Å². The Bertz CT molecular complexity index is 560. The van der Waals surface area contributed by atoms with Crippen molar-refractivity contribution in [1.82, 2.24) is 10.6 Å². The maximum atomic E-state index is 11.7. The van der Waals surface area contributed by atoms with Crippen LogP contribution >= 0.6 is 0 Å². The molecule has 12 heteroatoms. The standard InChI is InChI=1S/C22H40N2O10/c1-15(2)19(27)31-13-17(11-25)33-21(29)23-9-7-5-6-8-10-24-22(30)34-18(12-26)14-32-20(28)16(3)4/h15-18,25-26H,5-14H2,1-4H3,(H,23,29)(H,24,30). The molecule has 0 aliphatic rings. The minimum absolute atomic E-state index is 0.210. The van der Waals surface area contributed by atoms with Gasteiger partial charge in [-0.2, -0.15) is 0 Å². The summed E-state index contributed by atoms with van der Waals surface area (Å²) in [7, 11) is 0. The van der Waals surface area contributed by atoms with Crippen molar-refractivity contribution >= 4 is 24.1 Å². The highest BCUT2D eigenvalue weighted by Crippen LogP contribution is 2.02. The summed E-state index contributed by atoms with van der Waals surface area (Å²) in [6.07, 6.45) is -0.335. The van der Waals surface area contributed by atoms with Crippen LogP contribution in [0.5, 0.6) is 0 Å². The summed E-state index contributed by atoms with van der Waals surface area (Å²) in [6, 6.07) is 0. The second-order valence-electron chi connectivity index (χ2n) is 8.26. The molecule has 2 atom stereocenters. The zero-order valence-electron chi connectivity index (χ0n) is 20.5. The first kappa shape index (κ1) is 31.4. The largest absolute Gasteiger partial charge is 0.461 e. The number of rotatable bonds is 17. The third-order valence-corrected chi connectivity index (χ3v) is 4.36. The lowest BCUT2D eigenvalue weighted by atomic mass is 10.2. The SMILES string of the molecule is CC(C)C(=O)OCC(CO)OC(=O)NCCCCCCNC(=O)OC(CO)COC(=O)C(C)C. The third-order valence-electron chi connectivity index (χ3n) is 4.36. The van der Waals surface area contributed by atoms with E-state index in [-0.39, 0.29) is 25.0 Å². The van der Waals surface area contributed by atoms with E-state index < -0.39 is 49.5 Å². The zero-order chi connectivity index (χ0) is 25.9. The van der Waals surface area contributed by atoms with E-state index in [2.05, 4.69) is 10.6 Å². The number of aliphatic hydroxyl groups excluding tert-OH is 2. The molecule has 198 valence electrons. The van der Waals surface area contributed by atoms with Gasteiger partial charge in [0.25, 0.3) is 0 Å². The normalized spacial score (nSPS) is 12.6.